The van der Waals surface area contributed by atoms with Crippen LogP contribution in [-0.2, 0) is 17.6 Å². The fraction of sp³-hybridized carbons (Fsp3) is 0.586. The SMILES string of the molecule is CC(=O)N[C@@H](Cc1ccc(F)cc1)[C@H](O)CN[C@H]1C[C@@]2(CC[C@H]2C)Oc2ncc(CC(C)(C)C)cc21. The van der Waals surface area contributed by atoms with E-state index in [1.54, 1.807) is 12.1 Å². The Balaban J connectivity index is 1.52. The first kappa shape index (κ1) is 26.6. The molecule has 1 aliphatic heterocycles. The highest BCUT2D eigenvalue weighted by Gasteiger charge is 2.51. The molecule has 196 valence electrons. The standard InChI is InChI=1S/C29H40FN3O3/c1-18-10-11-29(18)15-25(23-12-21(14-28(3,4)5)16-32-27(23)36-29)31-17-26(35)24(33-19(2)34)13-20-6-8-22(30)9-7-20/h6-9,12,16,18,24-26,31,35H,10-11,13-15,17H2,1-5H3,(H,33,34)/t18-,24+,25+,26-,29-/m1/s1. The zero-order chi connectivity index (χ0) is 26.1. The average Bonchev–Trinajstić information content (AvgIpc) is 2.81. The predicted octanol–water partition coefficient (Wildman–Crippen LogP) is 4.50. The van der Waals surface area contributed by atoms with E-state index in [1.165, 1.54) is 24.6 Å². The molecule has 1 aromatic carbocycles. The first-order valence-corrected chi connectivity index (χ1v) is 13.0. The van der Waals surface area contributed by atoms with Gasteiger partial charge >= 0.3 is 0 Å². The molecule has 0 bridgehead atoms. The third-order valence-electron chi connectivity index (χ3n) is 7.59. The molecule has 3 N–H and O–H groups in total. The molecule has 36 heavy (non-hydrogen) atoms. The summed E-state index contributed by atoms with van der Waals surface area (Å²) in [6.07, 6.45) is 5.36. The van der Waals surface area contributed by atoms with Gasteiger partial charge in [0, 0.05) is 37.7 Å². The van der Waals surface area contributed by atoms with Crippen molar-refractivity contribution in [1.29, 1.82) is 0 Å². The molecule has 0 saturated heterocycles. The summed E-state index contributed by atoms with van der Waals surface area (Å²) in [6.45, 7) is 10.6. The van der Waals surface area contributed by atoms with Crippen molar-refractivity contribution in [3.05, 3.63) is 59.0 Å². The van der Waals surface area contributed by atoms with Crippen molar-refractivity contribution in [3.8, 4) is 5.88 Å². The van der Waals surface area contributed by atoms with Gasteiger partial charge in [0.1, 0.15) is 11.4 Å². The van der Waals surface area contributed by atoms with Gasteiger partial charge in [-0.25, -0.2) is 9.37 Å². The number of fused-ring (bicyclic) bond motifs is 1. The number of nitrogens with one attached hydrogen (secondary N) is 2. The Morgan fingerprint density at radius 1 is 1.28 bits per heavy atom. The molecule has 0 radical (unpaired) electrons. The molecule has 1 fully saturated rings. The number of benzene rings is 1. The van der Waals surface area contributed by atoms with Gasteiger partial charge in [0.05, 0.1) is 12.1 Å². The molecule has 5 atom stereocenters. The summed E-state index contributed by atoms with van der Waals surface area (Å²) in [5.74, 6) is 0.605. The largest absolute Gasteiger partial charge is 0.470 e. The second-order valence-corrected chi connectivity index (χ2v) is 12.0. The molecule has 1 amide bonds. The topological polar surface area (TPSA) is 83.5 Å². The molecule has 6 nitrogen and oxygen atoms in total. The van der Waals surface area contributed by atoms with Crippen molar-refractivity contribution in [2.24, 2.45) is 11.3 Å². The van der Waals surface area contributed by atoms with Crippen LogP contribution in [-0.4, -0.2) is 40.3 Å². The molecule has 4 rings (SSSR count). The van der Waals surface area contributed by atoms with E-state index < -0.39 is 12.1 Å². The number of hydrogen-bond donors (Lipinski definition) is 3. The highest BCUT2D eigenvalue weighted by atomic mass is 19.1. The molecule has 1 aromatic heterocycles. The molecular formula is C29H40FN3O3. The van der Waals surface area contributed by atoms with Crippen LogP contribution in [0.15, 0.2) is 36.5 Å². The van der Waals surface area contributed by atoms with E-state index in [0.717, 1.165) is 36.8 Å². The maximum absolute atomic E-state index is 13.3. The average molecular weight is 498 g/mol. The van der Waals surface area contributed by atoms with Crippen LogP contribution < -0.4 is 15.4 Å². The number of amides is 1. The van der Waals surface area contributed by atoms with Crippen molar-refractivity contribution < 1.29 is 19.0 Å². The second kappa shape index (κ2) is 10.5. The number of ether oxygens (including phenoxy) is 1. The normalized spacial score (nSPS) is 24.9. The van der Waals surface area contributed by atoms with E-state index >= 15 is 0 Å². The molecule has 1 aliphatic carbocycles. The van der Waals surface area contributed by atoms with Crippen LogP contribution in [0.3, 0.4) is 0 Å². The van der Waals surface area contributed by atoms with Gasteiger partial charge in [0.2, 0.25) is 11.8 Å². The van der Waals surface area contributed by atoms with Crippen molar-refractivity contribution in [2.75, 3.05) is 6.54 Å². The molecule has 7 heteroatoms. The maximum Gasteiger partial charge on any atom is 0.218 e. The lowest BCUT2D eigenvalue weighted by molar-refractivity contribution is -0.120. The summed E-state index contributed by atoms with van der Waals surface area (Å²) in [5.41, 5.74) is 2.97. The van der Waals surface area contributed by atoms with E-state index in [4.69, 9.17) is 9.72 Å². The first-order chi connectivity index (χ1) is 16.9. The van der Waals surface area contributed by atoms with Crippen LogP contribution in [0.2, 0.25) is 0 Å². The summed E-state index contributed by atoms with van der Waals surface area (Å²) in [6, 6.07) is 7.84. The minimum absolute atomic E-state index is 0.0117. The lowest BCUT2D eigenvalue weighted by Crippen LogP contribution is -2.56. The number of aliphatic hydroxyl groups excluding tert-OH is 1. The van der Waals surface area contributed by atoms with Crippen molar-refractivity contribution in [2.45, 2.75) is 90.5 Å². The number of aliphatic hydroxyl groups is 1. The predicted molar refractivity (Wildman–Crippen MR) is 138 cm³/mol. The monoisotopic (exact) mass is 497 g/mol. The van der Waals surface area contributed by atoms with E-state index in [1.807, 2.05) is 6.20 Å². The molecule has 0 unspecified atom stereocenters. The van der Waals surface area contributed by atoms with Crippen LogP contribution >= 0.6 is 0 Å². The minimum Gasteiger partial charge on any atom is -0.470 e. The zero-order valence-corrected chi connectivity index (χ0v) is 22.1. The molecule has 2 heterocycles. The number of halogens is 1. The van der Waals surface area contributed by atoms with Gasteiger partial charge < -0.3 is 20.5 Å². The summed E-state index contributed by atoms with van der Waals surface area (Å²) in [4.78, 5) is 16.6. The molecule has 2 aliphatic rings. The molecule has 1 spiro atoms. The van der Waals surface area contributed by atoms with E-state index in [0.29, 0.717) is 24.8 Å². The third kappa shape index (κ3) is 6.24. The number of pyridine rings is 1. The Morgan fingerprint density at radius 2 is 2.00 bits per heavy atom. The first-order valence-electron chi connectivity index (χ1n) is 13.0. The van der Waals surface area contributed by atoms with E-state index in [-0.39, 0.29) is 28.8 Å². The van der Waals surface area contributed by atoms with Crippen LogP contribution in [0.1, 0.15) is 76.6 Å². The quantitative estimate of drug-likeness (QED) is 0.500. The molecule has 2 aromatic rings. The van der Waals surface area contributed by atoms with Crippen LogP contribution in [0.5, 0.6) is 5.88 Å². The van der Waals surface area contributed by atoms with Gasteiger partial charge in [-0.3, -0.25) is 4.79 Å². The van der Waals surface area contributed by atoms with Gasteiger partial charge in [-0.15, -0.1) is 0 Å². The Bertz CT molecular complexity index is 1070. The lowest BCUT2D eigenvalue weighted by Gasteiger charge is -2.52. The van der Waals surface area contributed by atoms with Crippen molar-refractivity contribution in [1.82, 2.24) is 15.6 Å². The van der Waals surface area contributed by atoms with Crippen LogP contribution in [0.4, 0.5) is 4.39 Å². The summed E-state index contributed by atoms with van der Waals surface area (Å²) in [5, 5.41) is 17.6. The fourth-order valence-corrected chi connectivity index (χ4v) is 5.46. The zero-order valence-electron chi connectivity index (χ0n) is 22.1. The highest BCUT2D eigenvalue weighted by molar-refractivity contribution is 5.73. The number of carbonyl (C=O) groups excluding carboxylic acids is 1. The number of rotatable bonds is 8. The van der Waals surface area contributed by atoms with Gasteiger partial charge in [-0.05, 0) is 66.3 Å². The van der Waals surface area contributed by atoms with Gasteiger partial charge in [-0.1, -0.05) is 39.8 Å². The summed E-state index contributed by atoms with van der Waals surface area (Å²) >= 11 is 0. The molecular weight excluding hydrogens is 457 g/mol. The summed E-state index contributed by atoms with van der Waals surface area (Å²) in [7, 11) is 0. The lowest BCUT2D eigenvalue weighted by atomic mass is 9.65. The van der Waals surface area contributed by atoms with Crippen molar-refractivity contribution >= 4 is 5.91 Å². The maximum atomic E-state index is 13.3. The highest BCUT2D eigenvalue weighted by Crippen LogP contribution is 2.51. The van der Waals surface area contributed by atoms with Gasteiger partial charge in [0.15, 0.2) is 0 Å². The Kier molecular flexibility index (Phi) is 7.72. The molecule has 1 saturated carbocycles. The number of carbonyl (C=O) groups is 1. The fourth-order valence-electron chi connectivity index (χ4n) is 5.46. The Hall–Kier alpha value is -2.51. The van der Waals surface area contributed by atoms with Crippen LogP contribution in [0, 0.1) is 17.2 Å². The van der Waals surface area contributed by atoms with Gasteiger partial charge in [0.25, 0.3) is 0 Å². The van der Waals surface area contributed by atoms with Crippen LogP contribution in [0.25, 0.3) is 0 Å². The number of hydrogen-bond acceptors (Lipinski definition) is 5. The second-order valence-electron chi connectivity index (χ2n) is 12.0. The minimum atomic E-state index is -0.828. The Labute approximate surface area is 214 Å². The van der Waals surface area contributed by atoms with Gasteiger partial charge in [-0.2, -0.15) is 0 Å². The van der Waals surface area contributed by atoms with E-state index in [9.17, 15) is 14.3 Å². The Morgan fingerprint density at radius 3 is 2.58 bits per heavy atom. The number of aromatic nitrogens is 1. The third-order valence-corrected chi connectivity index (χ3v) is 7.59. The number of nitrogens with zero attached hydrogens (tertiary/aromatic N) is 1. The van der Waals surface area contributed by atoms with Crippen molar-refractivity contribution in [3.63, 3.8) is 0 Å². The van der Waals surface area contributed by atoms with E-state index in [2.05, 4.69) is 44.4 Å². The summed E-state index contributed by atoms with van der Waals surface area (Å²) < 4.78 is 19.8. The smallest absolute Gasteiger partial charge is 0.218 e.